The van der Waals surface area contributed by atoms with Crippen LogP contribution in [-0.4, -0.2) is 31.0 Å². The maximum Gasteiger partial charge on any atom is 0.291 e. The number of nitrogens with zero attached hydrogens (tertiary/aromatic N) is 1. The van der Waals surface area contributed by atoms with E-state index in [4.69, 9.17) is 9.15 Å². The third kappa shape index (κ3) is 4.23. The normalized spacial score (nSPS) is 15.8. The monoisotopic (exact) mass is 410 g/mol. The zero-order valence-corrected chi connectivity index (χ0v) is 17.6. The molecule has 4 rings (SSSR count). The van der Waals surface area contributed by atoms with Crippen molar-refractivity contribution in [1.82, 2.24) is 4.90 Å². The molecule has 152 valence electrons. The number of anilines is 1. The van der Waals surface area contributed by atoms with Gasteiger partial charge < -0.3 is 14.5 Å². The second kappa shape index (κ2) is 8.84. The number of rotatable bonds is 6. The summed E-state index contributed by atoms with van der Waals surface area (Å²) in [4.78, 5) is 16.3. The van der Waals surface area contributed by atoms with E-state index in [1.807, 2.05) is 12.1 Å². The third-order valence-corrected chi connectivity index (χ3v) is 6.32. The zero-order valence-electron chi connectivity index (χ0n) is 16.8. The summed E-state index contributed by atoms with van der Waals surface area (Å²) in [6.45, 7) is 4.14. The third-order valence-electron chi connectivity index (χ3n) is 5.34. The molecule has 3 heterocycles. The van der Waals surface area contributed by atoms with E-state index < -0.39 is 0 Å². The van der Waals surface area contributed by atoms with E-state index in [1.165, 1.54) is 25.5 Å². The van der Waals surface area contributed by atoms with Crippen molar-refractivity contribution < 1.29 is 13.9 Å². The predicted octanol–water partition coefficient (Wildman–Crippen LogP) is 5.49. The molecule has 0 aliphatic carbocycles. The van der Waals surface area contributed by atoms with Crippen molar-refractivity contribution in [3.63, 3.8) is 0 Å². The fourth-order valence-electron chi connectivity index (χ4n) is 4.04. The van der Waals surface area contributed by atoms with Crippen molar-refractivity contribution in [3.8, 4) is 5.75 Å². The lowest BCUT2D eigenvalue weighted by Crippen LogP contribution is -2.34. The van der Waals surface area contributed by atoms with Gasteiger partial charge in [0.2, 0.25) is 0 Å². The molecule has 1 unspecified atom stereocenters. The Morgan fingerprint density at radius 3 is 2.66 bits per heavy atom. The number of amides is 1. The van der Waals surface area contributed by atoms with Crippen molar-refractivity contribution in [2.45, 2.75) is 32.2 Å². The number of carbonyl (C=O) groups is 1. The molecule has 1 aliphatic heterocycles. The van der Waals surface area contributed by atoms with Gasteiger partial charge in [-0.05, 0) is 57.1 Å². The number of furan rings is 1. The Morgan fingerprint density at radius 2 is 1.93 bits per heavy atom. The lowest BCUT2D eigenvalue weighted by atomic mass is 9.95. The van der Waals surface area contributed by atoms with Crippen LogP contribution in [0.4, 0.5) is 5.00 Å². The van der Waals surface area contributed by atoms with E-state index in [1.54, 1.807) is 30.6 Å². The van der Waals surface area contributed by atoms with Crippen LogP contribution in [0.1, 0.15) is 51.9 Å². The molecule has 2 aromatic heterocycles. The average molecular weight is 411 g/mol. The number of nitrogens with one attached hydrogen (secondary N) is 1. The lowest BCUT2D eigenvalue weighted by Gasteiger charge is -2.35. The van der Waals surface area contributed by atoms with E-state index in [0.29, 0.717) is 5.76 Å². The quantitative estimate of drug-likeness (QED) is 0.584. The summed E-state index contributed by atoms with van der Waals surface area (Å²) in [6.07, 6.45) is 5.15. The van der Waals surface area contributed by atoms with Gasteiger partial charge in [0.15, 0.2) is 5.76 Å². The summed E-state index contributed by atoms with van der Waals surface area (Å²) in [5.41, 5.74) is 2.24. The van der Waals surface area contributed by atoms with Crippen molar-refractivity contribution in [3.05, 3.63) is 70.5 Å². The second-order valence-electron chi connectivity index (χ2n) is 7.31. The molecule has 0 spiro atoms. The number of benzene rings is 1. The van der Waals surface area contributed by atoms with E-state index in [2.05, 4.69) is 35.3 Å². The Kier molecular flexibility index (Phi) is 6.02. The predicted molar refractivity (Wildman–Crippen MR) is 116 cm³/mol. The summed E-state index contributed by atoms with van der Waals surface area (Å²) in [5.74, 6) is 0.958. The van der Waals surface area contributed by atoms with Crippen LogP contribution in [0.3, 0.4) is 0 Å². The highest BCUT2D eigenvalue weighted by Crippen LogP contribution is 2.42. The fourth-order valence-corrected chi connectivity index (χ4v) is 4.98. The van der Waals surface area contributed by atoms with Crippen molar-refractivity contribution in [1.29, 1.82) is 0 Å². The van der Waals surface area contributed by atoms with Crippen LogP contribution >= 0.6 is 11.3 Å². The first-order valence-electron chi connectivity index (χ1n) is 9.99. The summed E-state index contributed by atoms with van der Waals surface area (Å²) in [5, 5.41) is 3.95. The summed E-state index contributed by atoms with van der Waals surface area (Å²) in [6, 6.07) is 13.8. The van der Waals surface area contributed by atoms with E-state index in [-0.39, 0.29) is 11.9 Å². The number of piperidine rings is 1. The molecule has 6 heteroatoms. The van der Waals surface area contributed by atoms with Crippen LogP contribution in [0.5, 0.6) is 5.75 Å². The maximum atomic E-state index is 12.7. The molecule has 1 atom stereocenters. The minimum Gasteiger partial charge on any atom is -0.496 e. The molecule has 1 aromatic carbocycles. The number of likely N-dealkylation sites (tertiary alicyclic amines) is 1. The number of methoxy groups -OCH3 is 1. The highest BCUT2D eigenvalue weighted by atomic mass is 32.1. The van der Waals surface area contributed by atoms with Crippen molar-refractivity contribution >= 4 is 22.2 Å². The minimum atomic E-state index is -0.226. The fraction of sp³-hybridized carbons (Fsp3) is 0.348. The molecule has 0 saturated carbocycles. The molecule has 1 fully saturated rings. The van der Waals surface area contributed by atoms with Crippen LogP contribution in [0.15, 0.2) is 53.1 Å². The Hall–Kier alpha value is -2.57. The van der Waals surface area contributed by atoms with Gasteiger partial charge in [-0.15, -0.1) is 11.3 Å². The Labute approximate surface area is 175 Å². The van der Waals surface area contributed by atoms with E-state index in [9.17, 15) is 4.79 Å². The first-order chi connectivity index (χ1) is 14.2. The number of carbonyl (C=O) groups excluding carboxylic acids is 1. The Balaban J connectivity index is 1.75. The molecule has 3 aromatic rings. The standard InChI is InChI=1S/C23H26N2O3S/c1-16-15-18(23(29-16)24-22(26)20-11-8-14-28-20)21(25-12-6-3-7-13-25)17-9-4-5-10-19(17)27-2/h4-5,8-11,14-15,21H,3,6-7,12-13H2,1-2H3,(H,24,26). The molecule has 0 radical (unpaired) electrons. The Morgan fingerprint density at radius 1 is 1.14 bits per heavy atom. The SMILES string of the molecule is COc1ccccc1C(c1cc(C)sc1NC(=O)c1ccco1)N1CCCCC1. The zero-order chi connectivity index (χ0) is 20.2. The molecule has 1 amide bonds. The van der Waals surface area contributed by atoms with Gasteiger partial charge >= 0.3 is 0 Å². The van der Waals surface area contributed by atoms with Crippen LogP contribution in [0.2, 0.25) is 0 Å². The smallest absolute Gasteiger partial charge is 0.291 e. The number of ether oxygens (including phenoxy) is 1. The Bertz CT molecular complexity index is 958. The molecular weight excluding hydrogens is 384 g/mol. The second-order valence-corrected chi connectivity index (χ2v) is 8.57. The van der Waals surface area contributed by atoms with Gasteiger partial charge in [0.1, 0.15) is 10.8 Å². The summed E-state index contributed by atoms with van der Waals surface area (Å²) in [7, 11) is 1.71. The van der Waals surface area contributed by atoms with Crippen LogP contribution in [0.25, 0.3) is 0 Å². The number of hydrogen-bond acceptors (Lipinski definition) is 5. The molecule has 29 heavy (non-hydrogen) atoms. The van der Waals surface area contributed by atoms with Gasteiger partial charge in [-0.1, -0.05) is 24.6 Å². The van der Waals surface area contributed by atoms with Gasteiger partial charge in [0.25, 0.3) is 5.91 Å². The largest absolute Gasteiger partial charge is 0.496 e. The summed E-state index contributed by atoms with van der Waals surface area (Å²) >= 11 is 1.60. The van der Waals surface area contributed by atoms with Gasteiger partial charge in [-0.25, -0.2) is 0 Å². The number of hydrogen-bond donors (Lipinski definition) is 1. The van der Waals surface area contributed by atoms with Gasteiger partial charge in [-0.2, -0.15) is 0 Å². The highest BCUT2D eigenvalue weighted by Gasteiger charge is 2.30. The van der Waals surface area contributed by atoms with Gasteiger partial charge in [0.05, 0.1) is 19.4 Å². The topological polar surface area (TPSA) is 54.7 Å². The average Bonchev–Trinajstić information content (AvgIpc) is 3.40. The molecule has 5 nitrogen and oxygen atoms in total. The number of para-hydroxylation sites is 1. The van der Waals surface area contributed by atoms with Crippen molar-refractivity contribution in [2.75, 3.05) is 25.5 Å². The first kappa shape index (κ1) is 19.7. The molecular formula is C23H26N2O3S. The molecule has 0 bridgehead atoms. The molecule has 1 N–H and O–H groups in total. The molecule has 1 saturated heterocycles. The number of thiophene rings is 1. The summed E-state index contributed by atoms with van der Waals surface area (Å²) < 4.78 is 11.0. The van der Waals surface area contributed by atoms with Crippen LogP contribution in [-0.2, 0) is 0 Å². The van der Waals surface area contributed by atoms with Crippen LogP contribution < -0.4 is 10.1 Å². The number of aryl methyl sites for hydroxylation is 1. The minimum absolute atomic E-state index is 0.0308. The van der Waals surface area contributed by atoms with Crippen molar-refractivity contribution in [2.24, 2.45) is 0 Å². The van der Waals surface area contributed by atoms with E-state index >= 15 is 0 Å². The van der Waals surface area contributed by atoms with Gasteiger partial charge in [-0.3, -0.25) is 9.69 Å². The molecule has 1 aliphatic rings. The van der Waals surface area contributed by atoms with Crippen LogP contribution in [0, 0.1) is 6.92 Å². The van der Waals surface area contributed by atoms with E-state index in [0.717, 1.165) is 39.8 Å². The maximum absolute atomic E-state index is 12.7. The highest BCUT2D eigenvalue weighted by molar-refractivity contribution is 7.16. The van der Waals surface area contributed by atoms with Gasteiger partial charge in [0, 0.05) is 16.0 Å². The first-order valence-corrected chi connectivity index (χ1v) is 10.8. The lowest BCUT2D eigenvalue weighted by molar-refractivity contribution is 0.0996.